The Morgan fingerprint density at radius 3 is 2.46 bits per heavy atom. The van der Waals surface area contributed by atoms with Crippen LogP contribution in [0.3, 0.4) is 0 Å². The van der Waals surface area contributed by atoms with E-state index < -0.39 is 11.0 Å². The van der Waals surface area contributed by atoms with Gasteiger partial charge in [0, 0.05) is 11.5 Å². The van der Waals surface area contributed by atoms with Crippen molar-refractivity contribution in [1.82, 2.24) is 14.7 Å². The number of anilines is 1. The number of piperidine rings is 1. The van der Waals surface area contributed by atoms with Gasteiger partial charge in [0.05, 0.1) is 4.90 Å². The molecule has 7 heteroatoms. The molecule has 2 N–H and O–H groups in total. The van der Waals surface area contributed by atoms with Crippen molar-refractivity contribution in [3.05, 3.63) is 35.7 Å². The number of hydrogen-bond donors (Lipinski definition) is 2. The standard InChI is InChI=1S/C12H13N3OS2.C5H11N/c16-18(15-12-13-8-14-17-12)11-6-5-9-3-1-2-4-10(9)7-11;1-2-4-6-5-3-1/h5-8H,1-4H2,(H,13,14,15);6H,1-5H2. The first kappa shape index (κ1) is 17.5. The predicted molar refractivity (Wildman–Crippen MR) is 99.7 cm³/mol. The Bertz CT molecular complexity index is 645. The molecule has 0 amide bonds. The normalized spacial score (nSPS) is 18.0. The molecule has 2 aliphatic rings. The summed E-state index contributed by atoms with van der Waals surface area (Å²) in [7, 11) is -1.25. The van der Waals surface area contributed by atoms with Gasteiger partial charge in [-0.1, -0.05) is 12.5 Å². The summed E-state index contributed by atoms with van der Waals surface area (Å²) in [4.78, 5) is 4.78. The lowest BCUT2D eigenvalue weighted by Gasteiger charge is -2.16. The van der Waals surface area contributed by atoms with Crippen LogP contribution < -0.4 is 10.0 Å². The number of aryl methyl sites for hydroxylation is 2. The fourth-order valence-electron chi connectivity index (χ4n) is 2.98. The summed E-state index contributed by atoms with van der Waals surface area (Å²) in [6.07, 6.45) is 10.4. The molecule has 0 saturated carbocycles. The highest BCUT2D eigenvalue weighted by molar-refractivity contribution is 7.86. The van der Waals surface area contributed by atoms with Crippen LogP contribution in [0.4, 0.5) is 5.13 Å². The number of fused-ring (bicyclic) bond motifs is 1. The minimum absolute atomic E-state index is 0.589. The van der Waals surface area contributed by atoms with Gasteiger partial charge >= 0.3 is 0 Å². The number of nitrogens with one attached hydrogen (secondary N) is 2. The minimum atomic E-state index is -1.25. The Morgan fingerprint density at radius 2 is 1.83 bits per heavy atom. The zero-order valence-corrected chi connectivity index (χ0v) is 15.4. The fourth-order valence-corrected chi connectivity index (χ4v) is 4.42. The van der Waals surface area contributed by atoms with Crippen LogP contribution in [0.15, 0.2) is 29.4 Å². The molecule has 1 aliphatic heterocycles. The molecule has 1 aromatic carbocycles. The number of nitrogens with zero attached hydrogens (tertiary/aromatic N) is 2. The molecule has 2 aromatic rings. The summed E-state index contributed by atoms with van der Waals surface area (Å²) < 4.78 is 18.9. The van der Waals surface area contributed by atoms with E-state index in [4.69, 9.17) is 0 Å². The maximum Gasteiger partial charge on any atom is 0.214 e. The topological polar surface area (TPSA) is 66.9 Å². The average Bonchev–Trinajstić information content (AvgIpc) is 3.16. The summed E-state index contributed by atoms with van der Waals surface area (Å²) in [6, 6.07) is 6.09. The van der Waals surface area contributed by atoms with E-state index in [0.29, 0.717) is 5.13 Å². The van der Waals surface area contributed by atoms with Crippen molar-refractivity contribution in [3.8, 4) is 0 Å². The van der Waals surface area contributed by atoms with E-state index in [1.165, 1.54) is 74.2 Å². The number of benzene rings is 1. The van der Waals surface area contributed by atoms with E-state index in [2.05, 4.69) is 31.5 Å². The van der Waals surface area contributed by atoms with Gasteiger partial charge in [-0.2, -0.15) is 4.37 Å². The van der Waals surface area contributed by atoms with Gasteiger partial charge in [-0.3, -0.25) is 4.72 Å². The molecular weight excluding hydrogens is 340 g/mol. The zero-order valence-electron chi connectivity index (χ0n) is 13.8. The van der Waals surface area contributed by atoms with E-state index in [0.717, 1.165) is 17.7 Å². The molecule has 130 valence electrons. The van der Waals surface area contributed by atoms with E-state index >= 15 is 0 Å². The molecule has 1 unspecified atom stereocenters. The third-order valence-electron chi connectivity index (χ3n) is 4.28. The van der Waals surface area contributed by atoms with Gasteiger partial charge < -0.3 is 5.32 Å². The Hall–Kier alpha value is -1.31. The van der Waals surface area contributed by atoms with E-state index in [9.17, 15) is 4.21 Å². The molecule has 1 aliphatic carbocycles. The lowest BCUT2D eigenvalue weighted by molar-refractivity contribution is 0.520. The zero-order chi connectivity index (χ0) is 16.6. The van der Waals surface area contributed by atoms with Gasteiger partial charge in [0.15, 0.2) is 11.0 Å². The second kappa shape index (κ2) is 9.25. The molecule has 24 heavy (non-hydrogen) atoms. The Balaban J connectivity index is 0.000000238. The van der Waals surface area contributed by atoms with Crippen LogP contribution in [-0.4, -0.2) is 26.7 Å². The van der Waals surface area contributed by atoms with Gasteiger partial charge in [0.1, 0.15) is 6.33 Å². The maximum atomic E-state index is 12.1. The van der Waals surface area contributed by atoms with Gasteiger partial charge in [-0.25, -0.2) is 9.19 Å². The van der Waals surface area contributed by atoms with E-state index in [-0.39, 0.29) is 0 Å². The van der Waals surface area contributed by atoms with Gasteiger partial charge in [0.25, 0.3) is 0 Å². The predicted octanol–water partition coefficient (Wildman–Crippen LogP) is 3.31. The molecule has 0 radical (unpaired) electrons. The summed E-state index contributed by atoms with van der Waals surface area (Å²) in [5.74, 6) is 0. The van der Waals surface area contributed by atoms with Crippen molar-refractivity contribution >= 4 is 27.6 Å². The second-order valence-corrected chi connectivity index (χ2v) is 8.06. The third-order valence-corrected chi connectivity index (χ3v) is 6.05. The highest BCUT2D eigenvalue weighted by Gasteiger charge is 2.12. The summed E-state index contributed by atoms with van der Waals surface area (Å²) >= 11 is 1.21. The molecule has 1 saturated heterocycles. The highest BCUT2D eigenvalue weighted by Crippen LogP contribution is 2.24. The molecule has 5 nitrogen and oxygen atoms in total. The SMILES string of the molecule is C1CCNCC1.O=S(Nc1ncns1)c1ccc2c(c1)CCCC2. The van der Waals surface area contributed by atoms with Gasteiger partial charge in [0.2, 0.25) is 5.13 Å². The molecule has 0 bridgehead atoms. The number of rotatable bonds is 3. The summed E-state index contributed by atoms with van der Waals surface area (Å²) in [5, 5.41) is 3.87. The van der Waals surface area contributed by atoms with Crippen molar-refractivity contribution in [1.29, 1.82) is 0 Å². The number of aromatic nitrogens is 2. The van der Waals surface area contributed by atoms with Crippen LogP contribution in [0, 0.1) is 0 Å². The lowest BCUT2D eigenvalue weighted by atomic mass is 9.92. The quantitative estimate of drug-likeness (QED) is 0.877. The van der Waals surface area contributed by atoms with Crippen LogP contribution in [0.25, 0.3) is 0 Å². The van der Waals surface area contributed by atoms with Crippen LogP contribution in [0.2, 0.25) is 0 Å². The van der Waals surface area contributed by atoms with E-state index in [1.807, 2.05) is 6.07 Å². The molecule has 4 rings (SSSR count). The first-order chi connectivity index (χ1) is 11.8. The van der Waals surface area contributed by atoms with Gasteiger partial charge in [-0.15, -0.1) is 0 Å². The second-order valence-electron chi connectivity index (χ2n) is 6.07. The molecule has 1 atom stereocenters. The fraction of sp³-hybridized carbons (Fsp3) is 0.529. The monoisotopic (exact) mass is 364 g/mol. The van der Waals surface area contributed by atoms with Crippen molar-refractivity contribution in [2.45, 2.75) is 49.8 Å². The van der Waals surface area contributed by atoms with Crippen LogP contribution in [0.5, 0.6) is 0 Å². The Labute approximate surface area is 150 Å². The molecule has 0 spiro atoms. The van der Waals surface area contributed by atoms with Crippen LogP contribution in [0.1, 0.15) is 43.2 Å². The largest absolute Gasteiger partial charge is 0.317 e. The van der Waals surface area contributed by atoms with Gasteiger partial charge in [-0.05, 0) is 74.9 Å². The van der Waals surface area contributed by atoms with Crippen LogP contribution in [-0.2, 0) is 23.8 Å². The highest BCUT2D eigenvalue weighted by atomic mass is 32.2. The molecule has 1 aromatic heterocycles. The molecule has 1 fully saturated rings. The van der Waals surface area contributed by atoms with Crippen molar-refractivity contribution in [2.24, 2.45) is 0 Å². The van der Waals surface area contributed by atoms with E-state index in [1.54, 1.807) is 0 Å². The average molecular weight is 365 g/mol. The van der Waals surface area contributed by atoms with Crippen molar-refractivity contribution < 1.29 is 4.21 Å². The van der Waals surface area contributed by atoms with Crippen LogP contribution >= 0.6 is 11.5 Å². The first-order valence-electron chi connectivity index (χ1n) is 8.60. The first-order valence-corrected chi connectivity index (χ1v) is 10.5. The third kappa shape index (κ3) is 5.09. The Kier molecular flexibility index (Phi) is 6.75. The minimum Gasteiger partial charge on any atom is -0.317 e. The van der Waals surface area contributed by atoms with Crippen molar-refractivity contribution in [3.63, 3.8) is 0 Å². The summed E-state index contributed by atoms with van der Waals surface area (Å²) in [5.41, 5.74) is 2.74. The molecule has 2 heterocycles. The summed E-state index contributed by atoms with van der Waals surface area (Å²) in [6.45, 7) is 2.50. The molecular formula is C17H24N4OS2. The van der Waals surface area contributed by atoms with Crippen molar-refractivity contribution in [2.75, 3.05) is 17.8 Å². The maximum absolute atomic E-state index is 12.1. The Morgan fingerprint density at radius 1 is 1.04 bits per heavy atom. The number of hydrogen-bond acceptors (Lipinski definition) is 5. The smallest absolute Gasteiger partial charge is 0.214 e. The lowest BCUT2D eigenvalue weighted by Crippen LogP contribution is -2.21.